The lowest BCUT2D eigenvalue weighted by molar-refractivity contribution is 0.0696. The molecule has 0 aliphatic rings. The van der Waals surface area contributed by atoms with Crippen molar-refractivity contribution in [1.82, 2.24) is 4.98 Å². The molecule has 92 valence electrons. The number of aromatic nitrogens is 1. The Hall–Kier alpha value is -2.07. The number of aryl methyl sites for hydroxylation is 1. The molecular formula is C13H10ClNO3. The van der Waals surface area contributed by atoms with Gasteiger partial charge in [-0.05, 0) is 31.2 Å². The monoisotopic (exact) mass is 263 g/mol. The van der Waals surface area contributed by atoms with Crippen molar-refractivity contribution in [3.63, 3.8) is 0 Å². The molecule has 0 amide bonds. The molecule has 2 aromatic rings. The first-order chi connectivity index (χ1) is 8.56. The predicted molar refractivity (Wildman–Crippen MR) is 67.5 cm³/mol. The molecule has 1 N–H and O–H groups in total. The van der Waals surface area contributed by atoms with E-state index in [2.05, 4.69) is 4.98 Å². The maximum Gasteiger partial charge on any atom is 0.337 e. The number of carboxylic acids is 1. The summed E-state index contributed by atoms with van der Waals surface area (Å²) in [7, 11) is 0. The molecule has 4 nitrogen and oxygen atoms in total. The van der Waals surface area contributed by atoms with E-state index in [9.17, 15) is 4.79 Å². The van der Waals surface area contributed by atoms with Crippen molar-refractivity contribution in [1.29, 1.82) is 0 Å². The number of halogens is 1. The van der Waals surface area contributed by atoms with Gasteiger partial charge in [-0.2, -0.15) is 0 Å². The molecule has 0 aliphatic heterocycles. The molecule has 0 atom stereocenters. The van der Waals surface area contributed by atoms with Crippen molar-refractivity contribution in [2.24, 2.45) is 0 Å². The number of hydrogen-bond acceptors (Lipinski definition) is 3. The predicted octanol–water partition coefficient (Wildman–Crippen LogP) is 3.53. The van der Waals surface area contributed by atoms with Gasteiger partial charge in [-0.3, -0.25) is 4.98 Å². The number of nitrogens with zero attached hydrogens (tertiary/aromatic N) is 1. The highest BCUT2D eigenvalue weighted by molar-refractivity contribution is 6.33. The Morgan fingerprint density at radius 2 is 2.00 bits per heavy atom. The number of rotatable bonds is 3. The summed E-state index contributed by atoms with van der Waals surface area (Å²) < 4.78 is 5.54. The van der Waals surface area contributed by atoms with Crippen molar-refractivity contribution >= 4 is 17.6 Å². The third-order valence-corrected chi connectivity index (χ3v) is 2.60. The van der Waals surface area contributed by atoms with Crippen LogP contribution in [0.3, 0.4) is 0 Å². The maximum absolute atomic E-state index is 10.9. The molecule has 0 bridgehead atoms. The van der Waals surface area contributed by atoms with E-state index in [1.807, 2.05) is 6.92 Å². The first kappa shape index (κ1) is 12.4. The van der Waals surface area contributed by atoms with Gasteiger partial charge in [-0.1, -0.05) is 11.6 Å². The molecule has 2 rings (SSSR count). The summed E-state index contributed by atoms with van der Waals surface area (Å²) in [4.78, 5) is 15.0. The van der Waals surface area contributed by atoms with Crippen molar-refractivity contribution in [3.8, 4) is 11.5 Å². The van der Waals surface area contributed by atoms with E-state index in [-0.39, 0.29) is 10.6 Å². The summed E-state index contributed by atoms with van der Waals surface area (Å²) in [6, 6.07) is 7.95. The van der Waals surface area contributed by atoms with Crippen LogP contribution in [-0.2, 0) is 0 Å². The second kappa shape index (κ2) is 5.06. The van der Waals surface area contributed by atoms with Crippen LogP contribution in [-0.4, -0.2) is 16.1 Å². The standard InChI is InChI=1S/C13H10ClNO3/c1-8-6-10(4-5-15-8)18-9-2-3-12(14)11(7-9)13(16)17/h2-7H,1H3,(H,16,17). The first-order valence-corrected chi connectivity index (χ1v) is 5.57. The third kappa shape index (κ3) is 2.78. The molecule has 0 unspecified atom stereocenters. The Balaban J connectivity index is 2.30. The molecule has 0 saturated carbocycles. The van der Waals surface area contributed by atoms with E-state index >= 15 is 0 Å². The Morgan fingerprint density at radius 1 is 1.28 bits per heavy atom. The minimum Gasteiger partial charge on any atom is -0.478 e. The number of pyridine rings is 1. The zero-order valence-electron chi connectivity index (χ0n) is 9.55. The van der Waals surface area contributed by atoms with Crippen LogP contribution >= 0.6 is 11.6 Å². The molecule has 1 heterocycles. The Kier molecular flexibility index (Phi) is 3.48. The van der Waals surface area contributed by atoms with Crippen LogP contribution in [0.5, 0.6) is 11.5 Å². The molecule has 5 heteroatoms. The van der Waals surface area contributed by atoms with Crippen LogP contribution in [0.4, 0.5) is 0 Å². The van der Waals surface area contributed by atoms with Gasteiger partial charge in [0.1, 0.15) is 11.5 Å². The van der Waals surface area contributed by atoms with Gasteiger partial charge in [0.15, 0.2) is 0 Å². The van der Waals surface area contributed by atoms with E-state index in [0.717, 1.165) is 5.69 Å². The average Bonchev–Trinajstić information content (AvgIpc) is 2.31. The molecule has 0 spiro atoms. The number of hydrogen-bond donors (Lipinski definition) is 1. The van der Waals surface area contributed by atoms with Crippen molar-refractivity contribution in [2.75, 3.05) is 0 Å². The van der Waals surface area contributed by atoms with Gasteiger partial charge in [0.2, 0.25) is 0 Å². The summed E-state index contributed by atoms with van der Waals surface area (Å²) in [6.07, 6.45) is 1.62. The van der Waals surface area contributed by atoms with Crippen molar-refractivity contribution in [2.45, 2.75) is 6.92 Å². The van der Waals surface area contributed by atoms with E-state index in [0.29, 0.717) is 11.5 Å². The smallest absolute Gasteiger partial charge is 0.337 e. The number of carboxylic acid groups (broad SMARTS) is 1. The summed E-state index contributed by atoms with van der Waals surface area (Å²) in [5.74, 6) is -0.0695. The summed E-state index contributed by atoms with van der Waals surface area (Å²) >= 11 is 5.77. The van der Waals surface area contributed by atoms with Gasteiger partial charge in [-0.25, -0.2) is 4.79 Å². The van der Waals surface area contributed by atoms with Gasteiger partial charge in [0.05, 0.1) is 10.6 Å². The number of carbonyl (C=O) groups is 1. The quantitative estimate of drug-likeness (QED) is 0.920. The summed E-state index contributed by atoms with van der Waals surface area (Å²) in [6.45, 7) is 1.84. The van der Waals surface area contributed by atoms with Crippen LogP contribution in [0.2, 0.25) is 5.02 Å². The highest BCUT2D eigenvalue weighted by Crippen LogP contribution is 2.26. The molecular weight excluding hydrogens is 254 g/mol. The Morgan fingerprint density at radius 3 is 2.67 bits per heavy atom. The van der Waals surface area contributed by atoms with Crippen molar-refractivity contribution < 1.29 is 14.6 Å². The fraction of sp³-hybridized carbons (Fsp3) is 0.0769. The lowest BCUT2D eigenvalue weighted by Crippen LogP contribution is -1.98. The largest absolute Gasteiger partial charge is 0.478 e. The van der Waals surface area contributed by atoms with Gasteiger partial charge in [-0.15, -0.1) is 0 Å². The summed E-state index contributed by atoms with van der Waals surface area (Å²) in [5.41, 5.74) is 0.833. The minimum absolute atomic E-state index is 0.0138. The maximum atomic E-state index is 10.9. The Labute approximate surface area is 109 Å². The third-order valence-electron chi connectivity index (χ3n) is 2.27. The zero-order valence-corrected chi connectivity index (χ0v) is 10.3. The first-order valence-electron chi connectivity index (χ1n) is 5.19. The molecule has 0 fully saturated rings. The highest BCUT2D eigenvalue weighted by atomic mass is 35.5. The van der Waals surface area contributed by atoms with Crippen LogP contribution < -0.4 is 4.74 Å². The van der Waals surface area contributed by atoms with Crippen LogP contribution in [0.1, 0.15) is 16.1 Å². The molecule has 0 aliphatic carbocycles. The molecule has 0 radical (unpaired) electrons. The van der Waals surface area contributed by atoms with E-state index in [4.69, 9.17) is 21.4 Å². The zero-order chi connectivity index (χ0) is 13.1. The normalized spacial score (nSPS) is 10.1. The molecule has 0 saturated heterocycles. The van der Waals surface area contributed by atoms with Gasteiger partial charge < -0.3 is 9.84 Å². The van der Waals surface area contributed by atoms with Gasteiger partial charge in [0, 0.05) is 18.0 Å². The van der Waals surface area contributed by atoms with Gasteiger partial charge in [0.25, 0.3) is 0 Å². The molecule has 18 heavy (non-hydrogen) atoms. The highest BCUT2D eigenvalue weighted by Gasteiger charge is 2.10. The van der Waals surface area contributed by atoms with Crippen LogP contribution in [0.15, 0.2) is 36.5 Å². The molecule has 1 aromatic heterocycles. The number of ether oxygens (including phenoxy) is 1. The van der Waals surface area contributed by atoms with E-state index in [1.54, 1.807) is 24.4 Å². The second-order valence-electron chi connectivity index (χ2n) is 3.68. The summed E-state index contributed by atoms with van der Waals surface area (Å²) in [5, 5.41) is 9.13. The van der Waals surface area contributed by atoms with Gasteiger partial charge >= 0.3 is 5.97 Å². The lowest BCUT2D eigenvalue weighted by atomic mass is 10.2. The topological polar surface area (TPSA) is 59.4 Å². The second-order valence-corrected chi connectivity index (χ2v) is 4.09. The van der Waals surface area contributed by atoms with E-state index < -0.39 is 5.97 Å². The van der Waals surface area contributed by atoms with Crippen LogP contribution in [0.25, 0.3) is 0 Å². The number of aromatic carboxylic acids is 1. The molecule has 1 aromatic carbocycles. The Bertz CT molecular complexity index is 599. The fourth-order valence-corrected chi connectivity index (χ4v) is 1.65. The fourth-order valence-electron chi connectivity index (χ4n) is 1.45. The lowest BCUT2D eigenvalue weighted by Gasteiger charge is -2.07. The number of benzene rings is 1. The van der Waals surface area contributed by atoms with Crippen LogP contribution in [0, 0.1) is 6.92 Å². The minimum atomic E-state index is -1.09. The average molecular weight is 264 g/mol. The SMILES string of the molecule is Cc1cc(Oc2ccc(Cl)c(C(=O)O)c2)ccn1. The van der Waals surface area contributed by atoms with Crippen molar-refractivity contribution in [3.05, 3.63) is 52.8 Å². The van der Waals surface area contributed by atoms with E-state index in [1.165, 1.54) is 12.1 Å².